The Balaban J connectivity index is 1.99. The van der Waals surface area contributed by atoms with Gasteiger partial charge in [-0.1, -0.05) is 6.92 Å². The predicted molar refractivity (Wildman–Crippen MR) is 84.0 cm³/mol. The van der Waals surface area contributed by atoms with E-state index in [1.54, 1.807) is 6.92 Å². The molecule has 2 aliphatic rings. The molecule has 0 radical (unpaired) electrons. The highest BCUT2D eigenvalue weighted by atomic mass is 32.2. The summed E-state index contributed by atoms with van der Waals surface area (Å²) in [7, 11) is -3.43. The highest BCUT2D eigenvalue weighted by Gasteiger charge is 2.42. The number of sulfone groups is 1. The number of rotatable bonds is 6. The summed E-state index contributed by atoms with van der Waals surface area (Å²) in [6.07, 6.45) is 4.82. The van der Waals surface area contributed by atoms with Crippen LogP contribution in [0, 0.1) is 23.2 Å². The van der Waals surface area contributed by atoms with Crippen molar-refractivity contribution in [2.75, 3.05) is 16.8 Å². The largest absolute Gasteiger partial charge is 0.396 e. The fourth-order valence-corrected chi connectivity index (χ4v) is 5.24. The van der Waals surface area contributed by atoms with Crippen LogP contribution in [0.15, 0.2) is 4.90 Å². The lowest BCUT2D eigenvalue weighted by Crippen LogP contribution is -2.24. The second-order valence-electron chi connectivity index (χ2n) is 5.86. The second kappa shape index (κ2) is 5.18. The van der Waals surface area contributed by atoms with Gasteiger partial charge in [-0.25, -0.2) is 8.42 Å². The number of thiophene rings is 1. The first-order valence-electron chi connectivity index (χ1n) is 7.29. The minimum Gasteiger partial charge on any atom is -0.396 e. The van der Waals surface area contributed by atoms with E-state index in [1.165, 1.54) is 37.0 Å². The molecule has 0 saturated heterocycles. The maximum atomic E-state index is 12.3. The molecule has 1 aromatic rings. The van der Waals surface area contributed by atoms with Crippen LogP contribution in [0.25, 0.3) is 0 Å². The van der Waals surface area contributed by atoms with Crippen molar-refractivity contribution < 1.29 is 8.42 Å². The number of nitrogens with two attached hydrogens (primary N) is 1. The van der Waals surface area contributed by atoms with Crippen molar-refractivity contribution in [1.82, 2.24) is 0 Å². The number of nitrogens with one attached hydrogen (secondary N) is 1. The Kier molecular flexibility index (Phi) is 3.62. The predicted octanol–water partition coefficient (Wildman–Crippen LogP) is 2.60. The molecule has 0 bridgehead atoms. The van der Waals surface area contributed by atoms with E-state index in [4.69, 9.17) is 11.0 Å². The molecule has 3 rings (SSSR count). The molecule has 2 aliphatic carbocycles. The molecule has 0 spiro atoms. The van der Waals surface area contributed by atoms with Gasteiger partial charge in [-0.15, -0.1) is 11.3 Å². The third-order valence-corrected chi connectivity index (χ3v) is 7.23. The molecule has 3 N–H and O–H groups in total. The SMILES string of the molecule is CCS(=O)(=O)c1c(NC(C2CC2)C2CC2)sc(C#N)c1N. The van der Waals surface area contributed by atoms with Gasteiger partial charge >= 0.3 is 0 Å². The van der Waals surface area contributed by atoms with Crippen LogP contribution in [-0.4, -0.2) is 20.2 Å². The van der Waals surface area contributed by atoms with Gasteiger partial charge in [0.05, 0.1) is 11.4 Å². The number of nitrogen functional groups attached to an aromatic ring is 1. The van der Waals surface area contributed by atoms with Crippen molar-refractivity contribution in [2.45, 2.75) is 43.5 Å². The molecule has 7 heteroatoms. The van der Waals surface area contributed by atoms with Crippen LogP contribution in [0.1, 0.15) is 37.5 Å². The van der Waals surface area contributed by atoms with Crippen LogP contribution >= 0.6 is 11.3 Å². The van der Waals surface area contributed by atoms with Gasteiger partial charge in [0.1, 0.15) is 20.8 Å². The number of nitriles is 1. The maximum absolute atomic E-state index is 12.3. The number of anilines is 2. The first-order valence-corrected chi connectivity index (χ1v) is 9.76. The summed E-state index contributed by atoms with van der Waals surface area (Å²) < 4.78 is 24.6. The zero-order valence-corrected chi connectivity index (χ0v) is 13.6. The zero-order valence-electron chi connectivity index (χ0n) is 11.9. The van der Waals surface area contributed by atoms with E-state index < -0.39 is 9.84 Å². The molecule has 1 aromatic heterocycles. The molecule has 2 saturated carbocycles. The summed E-state index contributed by atoms with van der Waals surface area (Å²) in [6.45, 7) is 1.60. The lowest BCUT2D eigenvalue weighted by Gasteiger charge is -2.19. The number of nitrogens with zero attached hydrogens (tertiary/aromatic N) is 1. The Bertz CT molecular complexity index is 683. The molecule has 0 amide bonds. The minimum absolute atomic E-state index is 0.00892. The summed E-state index contributed by atoms with van der Waals surface area (Å²) >= 11 is 1.17. The smallest absolute Gasteiger partial charge is 0.183 e. The summed E-state index contributed by atoms with van der Waals surface area (Å²) in [5.41, 5.74) is 6.01. The molecular formula is C14H19N3O2S2. The van der Waals surface area contributed by atoms with Gasteiger partial charge in [0, 0.05) is 6.04 Å². The molecule has 21 heavy (non-hydrogen) atoms. The molecule has 5 nitrogen and oxygen atoms in total. The third-order valence-electron chi connectivity index (χ3n) is 4.25. The summed E-state index contributed by atoms with van der Waals surface area (Å²) in [4.78, 5) is 0.424. The number of hydrogen-bond donors (Lipinski definition) is 2. The molecular weight excluding hydrogens is 306 g/mol. The first kappa shape index (κ1) is 14.7. The van der Waals surface area contributed by atoms with E-state index in [1.807, 2.05) is 6.07 Å². The Morgan fingerprint density at radius 2 is 1.95 bits per heavy atom. The lowest BCUT2D eigenvalue weighted by molar-refractivity contribution is 0.567. The van der Waals surface area contributed by atoms with Gasteiger partial charge in [0.2, 0.25) is 0 Å². The molecule has 2 fully saturated rings. The van der Waals surface area contributed by atoms with Crippen LogP contribution in [0.3, 0.4) is 0 Å². The normalized spacial score (nSPS) is 18.7. The van der Waals surface area contributed by atoms with Crippen molar-refractivity contribution in [3.8, 4) is 6.07 Å². The van der Waals surface area contributed by atoms with Crippen LogP contribution < -0.4 is 11.1 Å². The van der Waals surface area contributed by atoms with Crippen LogP contribution in [-0.2, 0) is 9.84 Å². The second-order valence-corrected chi connectivity index (χ2v) is 9.10. The summed E-state index contributed by atoms with van der Waals surface area (Å²) in [5, 5.41) is 13.1. The Labute approximate surface area is 129 Å². The van der Waals surface area contributed by atoms with E-state index >= 15 is 0 Å². The van der Waals surface area contributed by atoms with Crippen molar-refractivity contribution in [2.24, 2.45) is 11.8 Å². The van der Waals surface area contributed by atoms with Gasteiger partial charge < -0.3 is 11.1 Å². The van der Waals surface area contributed by atoms with Crippen LogP contribution in [0.2, 0.25) is 0 Å². The zero-order chi connectivity index (χ0) is 15.2. The lowest BCUT2D eigenvalue weighted by atomic mass is 10.1. The van der Waals surface area contributed by atoms with E-state index in [-0.39, 0.29) is 21.2 Å². The van der Waals surface area contributed by atoms with Gasteiger partial charge in [-0.2, -0.15) is 5.26 Å². The molecule has 0 unspecified atom stereocenters. The average molecular weight is 325 g/mol. The summed E-state index contributed by atoms with van der Waals surface area (Å²) in [6, 6.07) is 2.34. The van der Waals surface area contributed by atoms with Crippen molar-refractivity contribution in [3.05, 3.63) is 4.88 Å². The fraction of sp³-hybridized carbons (Fsp3) is 0.643. The Morgan fingerprint density at radius 1 is 1.38 bits per heavy atom. The van der Waals surface area contributed by atoms with E-state index in [2.05, 4.69) is 5.32 Å². The fourth-order valence-electron chi connectivity index (χ4n) is 2.74. The van der Waals surface area contributed by atoms with Crippen LogP contribution in [0.4, 0.5) is 10.7 Å². The van der Waals surface area contributed by atoms with E-state index in [0.29, 0.717) is 22.9 Å². The van der Waals surface area contributed by atoms with Gasteiger partial charge in [-0.3, -0.25) is 0 Å². The quantitative estimate of drug-likeness (QED) is 0.838. The molecule has 1 heterocycles. The third kappa shape index (κ3) is 2.74. The highest BCUT2D eigenvalue weighted by molar-refractivity contribution is 7.91. The monoisotopic (exact) mass is 325 g/mol. The van der Waals surface area contributed by atoms with Gasteiger partial charge in [-0.05, 0) is 37.5 Å². The molecule has 0 aromatic carbocycles. The molecule has 0 atom stereocenters. The topological polar surface area (TPSA) is 96.0 Å². The minimum atomic E-state index is -3.43. The van der Waals surface area contributed by atoms with Crippen molar-refractivity contribution in [3.63, 3.8) is 0 Å². The standard InChI is InChI=1S/C14H19N3O2S2/c1-2-21(18,19)13-11(16)10(7-15)20-14(13)17-12(8-3-4-8)9-5-6-9/h8-9,12,17H,2-6,16H2,1H3. The summed E-state index contributed by atoms with van der Waals surface area (Å²) in [5.74, 6) is 1.28. The van der Waals surface area contributed by atoms with Gasteiger partial charge in [0.25, 0.3) is 0 Å². The molecule has 0 aliphatic heterocycles. The Morgan fingerprint density at radius 3 is 2.38 bits per heavy atom. The average Bonchev–Trinajstić information content (AvgIpc) is 3.34. The Hall–Kier alpha value is -1.26. The van der Waals surface area contributed by atoms with Crippen molar-refractivity contribution in [1.29, 1.82) is 5.26 Å². The number of hydrogen-bond acceptors (Lipinski definition) is 6. The van der Waals surface area contributed by atoms with E-state index in [9.17, 15) is 8.42 Å². The highest BCUT2D eigenvalue weighted by Crippen LogP contribution is 2.48. The van der Waals surface area contributed by atoms with Gasteiger partial charge in [0.15, 0.2) is 9.84 Å². The maximum Gasteiger partial charge on any atom is 0.183 e. The van der Waals surface area contributed by atoms with Crippen LogP contribution in [0.5, 0.6) is 0 Å². The molecule has 114 valence electrons. The van der Waals surface area contributed by atoms with E-state index in [0.717, 1.165) is 0 Å². The van der Waals surface area contributed by atoms with Crippen molar-refractivity contribution >= 4 is 31.9 Å². The first-order chi connectivity index (χ1) is 9.97.